The molecule has 0 aliphatic heterocycles. The topological polar surface area (TPSA) is 36.7 Å². The minimum atomic E-state index is -4.58. The van der Waals surface area contributed by atoms with Crippen LogP contribution in [-0.2, 0) is 19.0 Å². The van der Waals surface area contributed by atoms with Gasteiger partial charge in [-0.1, -0.05) is 63.3 Å². The number of benzene rings is 1. The molecule has 0 saturated heterocycles. The summed E-state index contributed by atoms with van der Waals surface area (Å²) in [4.78, 5) is 4.53. The van der Waals surface area contributed by atoms with E-state index in [4.69, 9.17) is 0 Å². The first-order valence-corrected chi connectivity index (χ1v) is 11.0. The molecule has 0 amide bonds. The van der Waals surface area contributed by atoms with Gasteiger partial charge in [0.25, 0.3) is 0 Å². The maximum absolute atomic E-state index is 14.0. The third-order valence-corrected chi connectivity index (χ3v) is 6.50. The largest absolute Gasteiger partial charge is 0.418 e. The molecule has 158 valence electrons. The van der Waals surface area contributed by atoms with E-state index in [2.05, 4.69) is 25.8 Å². The molecule has 1 aromatic heterocycles. The van der Waals surface area contributed by atoms with Crippen LogP contribution in [0.1, 0.15) is 55.1 Å². The monoisotopic (exact) mass is 430 g/mol. The summed E-state index contributed by atoms with van der Waals surface area (Å²) in [5.41, 5.74) is 0.516. The summed E-state index contributed by atoms with van der Waals surface area (Å²) in [7, 11) is 0. The van der Waals surface area contributed by atoms with Crippen molar-refractivity contribution < 1.29 is 13.2 Å². The van der Waals surface area contributed by atoms with Gasteiger partial charge < -0.3 is 0 Å². The highest BCUT2D eigenvalue weighted by Crippen LogP contribution is 2.44. The van der Waals surface area contributed by atoms with Crippen LogP contribution >= 0.6 is 11.8 Å². The van der Waals surface area contributed by atoms with Crippen LogP contribution in [0.15, 0.2) is 41.4 Å². The molecule has 6 heteroatoms. The third kappa shape index (κ3) is 5.07. The van der Waals surface area contributed by atoms with Gasteiger partial charge >= 0.3 is 6.18 Å². The minimum absolute atomic E-state index is 0.0942. The van der Waals surface area contributed by atoms with Crippen molar-refractivity contribution in [1.82, 2.24) is 4.98 Å². The Kier molecular flexibility index (Phi) is 6.62. The number of hydrogen-bond acceptors (Lipinski definition) is 3. The molecule has 1 atom stereocenters. The lowest BCUT2D eigenvalue weighted by Crippen LogP contribution is -2.30. The van der Waals surface area contributed by atoms with Crippen LogP contribution in [0.3, 0.4) is 0 Å². The Morgan fingerprint density at radius 3 is 2.50 bits per heavy atom. The fourth-order valence-electron chi connectivity index (χ4n) is 3.87. The fraction of sp³-hybridized carbons (Fsp3) is 0.417. The van der Waals surface area contributed by atoms with E-state index in [9.17, 15) is 18.4 Å². The Morgan fingerprint density at radius 1 is 1.20 bits per heavy atom. The molecule has 0 bridgehead atoms. The molecule has 1 unspecified atom stereocenters. The molecule has 1 aromatic carbocycles. The number of hydrogen-bond donors (Lipinski definition) is 0. The maximum atomic E-state index is 14.0. The molecule has 0 N–H and O–H groups in total. The smallest absolute Gasteiger partial charge is 0.245 e. The number of rotatable bonds is 4. The SMILES string of the molecule is CC(C)(C)C1CCc2nc(SC/C=C/c3ccccc3)c(C#N)c(C(F)(F)F)c2C1. The molecule has 1 aliphatic carbocycles. The van der Waals surface area contributed by atoms with E-state index in [0.717, 1.165) is 12.0 Å². The summed E-state index contributed by atoms with van der Waals surface area (Å²) in [6, 6.07) is 11.5. The van der Waals surface area contributed by atoms with Gasteiger partial charge in [0, 0.05) is 11.4 Å². The fourth-order valence-corrected chi connectivity index (χ4v) is 4.69. The zero-order valence-electron chi connectivity index (χ0n) is 17.4. The van der Waals surface area contributed by atoms with Gasteiger partial charge in [0.2, 0.25) is 0 Å². The molecule has 3 rings (SSSR count). The zero-order chi connectivity index (χ0) is 21.9. The number of halogens is 3. The summed E-state index contributed by atoms with van der Waals surface area (Å²) < 4.78 is 42.1. The second-order valence-corrected chi connectivity index (χ2v) is 9.64. The minimum Gasteiger partial charge on any atom is -0.245 e. The summed E-state index contributed by atoms with van der Waals surface area (Å²) in [6.07, 6.45) is 0.854. The molecule has 30 heavy (non-hydrogen) atoms. The highest BCUT2D eigenvalue weighted by atomic mass is 32.2. The van der Waals surface area contributed by atoms with E-state index in [0.29, 0.717) is 24.3 Å². The number of nitriles is 1. The third-order valence-electron chi connectivity index (χ3n) is 5.58. The van der Waals surface area contributed by atoms with Gasteiger partial charge in [-0.15, -0.1) is 11.8 Å². The van der Waals surface area contributed by atoms with Crippen molar-refractivity contribution in [3.05, 3.63) is 64.4 Å². The average Bonchev–Trinajstić information content (AvgIpc) is 2.69. The summed E-state index contributed by atoms with van der Waals surface area (Å²) in [6.45, 7) is 6.16. The molecule has 0 saturated carbocycles. The van der Waals surface area contributed by atoms with E-state index in [1.54, 1.807) is 6.07 Å². The van der Waals surface area contributed by atoms with Crippen molar-refractivity contribution in [2.75, 3.05) is 5.75 Å². The van der Waals surface area contributed by atoms with Crippen molar-refractivity contribution in [3.8, 4) is 6.07 Å². The van der Waals surface area contributed by atoms with Crippen LogP contribution in [0.2, 0.25) is 0 Å². The Hall–Kier alpha value is -2.26. The molecule has 0 fully saturated rings. The van der Waals surface area contributed by atoms with Crippen LogP contribution in [0.4, 0.5) is 13.2 Å². The molecule has 0 radical (unpaired) electrons. The normalized spacial score (nSPS) is 17.0. The zero-order valence-corrected chi connectivity index (χ0v) is 18.2. The highest BCUT2D eigenvalue weighted by molar-refractivity contribution is 7.99. The summed E-state index contributed by atoms with van der Waals surface area (Å²) >= 11 is 1.18. The number of alkyl halides is 3. The first-order valence-electron chi connectivity index (χ1n) is 9.98. The molecule has 1 heterocycles. The number of fused-ring (bicyclic) bond motifs is 1. The molecular formula is C24H25F3N2S. The van der Waals surface area contributed by atoms with E-state index in [1.807, 2.05) is 42.5 Å². The van der Waals surface area contributed by atoms with Gasteiger partial charge in [-0.3, -0.25) is 0 Å². The van der Waals surface area contributed by atoms with Crippen molar-refractivity contribution in [3.63, 3.8) is 0 Å². The maximum Gasteiger partial charge on any atom is 0.418 e. The second kappa shape index (κ2) is 8.85. The van der Waals surface area contributed by atoms with Crippen molar-refractivity contribution in [2.24, 2.45) is 11.3 Å². The van der Waals surface area contributed by atoms with Gasteiger partial charge in [-0.2, -0.15) is 18.4 Å². The predicted molar refractivity (Wildman–Crippen MR) is 115 cm³/mol. The highest BCUT2D eigenvalue weighted by Gasteiger charge is 2.42. The Balaban J connectivity index is 1.94. The van der Waals surface area contributed by atoms with E-state index in [1.165, 1.54) is 11.8 Å². The quantitative estimate of drug-likeness (QED) is 0.494. The van der Waals surface area contributed by atoms with E-state index < -0.39 is 11.7 Å². The number of pyridine rings is 1. The van der Waals surface area contributed by atoms with Crippen LogP contribution < -0.4 is 0 Å². The first kappa shape index (κ1) is 22.4. The molecular weight excluding hydrogens is 405 g/mol. The van der Waals surface area contributed by atoms with Gasteiger partial charge in [0.1, 0.15) is 11.1 Å². The number of thioether (sulfide) groups is 1. The van der Waals surface area contributed by atoms with Crippen LogP contribution in [0, 0.1) is 22.7 Å². The predicted octanol–water partition coefficient (Wildman–Crippen LogP) is 6.93. The van der Waals surface area contributed by atoms with Gasteiger partial charge in [0.05, 0.1) is 11.1 Å². The van der Waals surface area contributed by atoms with Crippen LogP contribution in [-0.4, -0.2) is 10.7 Å². The lowest BCUT2D eigenvalue weighted by Gasteiger charge is -2.36. The standard InChI is InChI=1S/C24H25F3N2S/c1-23(2,3)17-11-12-20-18(14-17)21(24(25,26)27)19(15-28)22(29-20)30-13-7-10-16-8-5-4-6-9-16/h4-10,17H,11-14H2,1-3H3/b10-7+. The summed E-state index contributed by atoms with van der Waals surface area (Å²) in [5.74, 6) is 0.573. The van der Waals surface area contributed by atoms with Crippen LogP contribution in [0.5, 0.6) is 0 Å². The first-order chi connectivity index (χ1) is 14.1. The van der Waals surface area contributed by atoms with Gasteiger partial charge in [-0.25, -0.2) is 4.98 Å². The number of nitrogens with zero attached hydrogens (tertiary/aromatic N) is 2. The van der Waals surface area contributed by atoms with Crippen molar-refractivity contribution in [2.45, 2.75) is 51.2 Å². The Bertz CT molecular complexity index is 967. The van der Waals surface area contributed by atoms with Crippen LogP contribution in [0.25, 0.3) is 6.08 Å². The van der Waals surface area contributed by atoms with Gasteiger partial charge in [0.15, 0.2) is 0 Å². The van der Waals surface area contributed by atoms with E-state index in [-0.39, 0.29) is 27.5 Å². The molecule has 2 aromatic rings. The average molecular weight is 431 g/mol. The molecule has 0 spiro atoms. The van der Waals surface area contributed by atoms with E-state index >= 15 is 0 Å². The lowest BCUT2D eigenvalue weighted by atomic mass is 9.70. The number of aryl methyl sites for hydroxylation is 1. The Labute approximate surface area is 180 Å². The van der Waals surface area contributed by atoms with Gasteiger partial charge in [-0.05, 0) is 41.7 Å². The molecule has 1 aliphatic rings. The summed E-state index contributed by atoms with van der Waals surface area (Å²) in [5, 5.41) is 9.78. The second-order valence-electron chi connectivity index (χ2n) is 8.63. The lowest BCUT2D eigenvalue weighted by molar-refractivity contribution is -0.139. The molecule has 2 nitrogen and oxygen atoms in total. The Morgan fingerprint density at radius 2 is 1.90 bits per heavy atom. The number of aromatic nitrogens is 1. The van der Waals surface area contributed by atoms with Crippen molar-refractivity contribution in [1.29, 1.82) is 5.26 Å². The van der Waals surface area contributed by atoms with Crippen molar-refractivity contribution >= 4 is 17.8 Å².